The summed E-state index contributed by atoms with van der Waals surface area (Å²) in [6.45, 7) is 6.79. The summed E-state index contributed by atoms with van der Waals surface area (Å²) in [6.07, 6.45) is 4.11. The van der Waals surface area contributed by atoms with E-state index in [4.69, 9.17) is 4.74 Å². The van der Waals surface area contributed by atoms with E-state index in [-0.39, 0.29) is 0 Å². The summed E-state index contributed by atoms with van der Waals surface area (Å²) >= 11 is 3.60. The predicted molar refractivity (Wildman–Crippen MR) is 87.3 cm³/mol. The molecule has 0 amide bonds. The van der Waals surface area contributed by atoms with Crippen LogP contribution in [0, 0.1) is 0 Å². The molecule has 1 saturated heterocycles. The van der Waals surface area contributed by atoms with E-state index in [1.165, 1.54) is 37.9 Å². The summed E-state index contributed by atoms with van der Waals surface area (Å²) in [5.41, 5.74) is 1.25. The van der Waals surface area contributed by atoms with Gasteiger partial charge in [0.15, 0.2) is 0 Å². The van der Waals surface area contributed by atoms with Crippen LogP contribution >= 0.6 is 15.9 Å². The van der Waals surface area contributed by atoms with E-state index in [9.17, 15) is 0 Å². The zero-order valence-electron chi connectivity index (χ0n) is 12.5. The Morgan fingerprint density at radius 3 is 2.75 bits per heavy atom. The van der Waals surface area contributed by atoms with Gasteiger partial charge in [0.2, 0.25) is 0 Å². The lowest BCUT2D eigenvalue weighted by atomic mass is 10.1. The molecule has 1 aromatic rings. The minimum absolute atomic E-state index is 0.506. The Hall–Kier alpha value is -0.580. The van der Waals surface area contributed by atoms with Gasteiger partial charge in [0.25, 0.3) is 0 Å². The van der Waals surface area contributed by atoms with Gasteiger partial charge in [-0.15, -0.1) is 0 Å². The maximum absolute atomic E-state index is 5.28. The van der Waals surface area contributed by atoms with E-state index < -0.39 is 0 Å². The molecule has 0 spiro atoms. The minimum atomic E-state index is 0.506. The van der Waals surface area contributed by atoms with Gasteiger partial charge in [0, 0.05) is 23.6 Å². The Morgan fingerprint density at radius 1 is 1.30 bits per heavy atom. The zero-order valence-corrected chi connectivity index (χ0v) is 14.1. The molecule has 1 fully saturated rings. The third kappa shape index (κ3) is 4.76. The lowest BCUT2D eigenvalue weighted by molar-refractivity contribution is 0.209. The third-order valence-corrected chi connectivity index (χ3v) is 4.65. The fraction of sp³-hybridized carbons (Fsp3) is 0.625. The van der Waals surface area contributed by atoms with Crippen molar-refractivity contribution in [1.82, 2.24) is 10.2 Å². The van der Waals surface area contributed by atoms with Crippen LogP contribution in [0.1, 0.15) is 31.7 Å². The number of hydrogen-bond donors (Lipinski definition) is 1. The first-order valence-electron chi connectivity index (χ1n) is 7.47. The summed E-state index contributed by atoms with van der Waals surface area (Å²) in [6, 6.07) is 6.62. The van der Waals surface area contributed by atoms with Gasteiger partial charge >= 0.3 is 0 Å². The maximum atomic E-state index is 5.28. The predicted octanol–water partition coefficient (Wildman–Crippen LogP) is 3.42. The molecule has 0 aliphatic carbocycles. The lowest BCUT2D eigenvalue weighted by Crippen LogP contribution is -2.41. The topological polar surface area (TPSA) is 24.5 Å². The first kappa shape index (κ1) is 15.8. The summed E-state index contributed by atoms with van der Waals surface area (Å²) in [4.78, 5) is 2.57. The number of nitrogens with one attached hydrogen (secondary N) is 1. The van der Waals surface area contributed by atoms with Gasteiger partial charge in [-0.2, -0.15) is 0 Å². The lowest BCUT2D eigenvalue weighted by Gasteiger charge is -2.29. The number of methoxy groups -OCH3 is 1. The van der Waals surface area contributed by atoms with Crippen molar-refractivity contribution in [2.75, 3.05) is 26.7 Å². The van der Waals surface area contributed by atoms with Gasteiger partial charge in [-0.3, -0.25) is 0 Å². The number of rotatable bonds is 6. The number of nitrogens with zero attached hydrogens (tertiary/aromatic N) is 1. The van der Waals surface area contributed by atoms with Gasteiger partial charge in [-0.05, 0) is 56.6 Å². The van der Waals surface area contributed by atoms with Crippen LogP contribution in [0.5, 0.6) is 5.75 Å². The summed E-state index contributed by atoms with van der Waals surface area (Å²) in [5.74, 6) is 0.911. The van der Waals surface area contributed by atoms with Crippen molar-refractivity contribution in [2.45, 2.75) is 38.8 Å². The summed E-state index contributed by atoms with van der Waals surface area (Å²) < 4.78 is 6.42. The molecule has 1 aliphatic heterocycles. The van der Waals surface area contributed by atoms with Crippen LogP contribution in [0.2, 0.25) is 0 Å². The molecule has 4 heteroatoms. The second kappa shape index (κ2) is 8.01. The molecule has 1 aromatic carbocycles. The Kier molecular flexibility index (Phi) is 6.33. The highest BCUT2D eigenvalue weighted by molar-refractivity contribution is 9.10. The fourth-order valence-corrected chi connectivity index (χ4v) is 3.08. The van der Waals surface area contributed by atoms with E-state index >= 15 is 0 Å². The van der Waals surface area contributed by atoms with Gasteiger partial charge in [-0.1, -0.05) is 22.4 Å². The number of halogens is 1. The van der Waals surface area contributed by atoms with E-state index in [0.29, 0.717) is 6.04 Å². The smallest absolute Gasteiger partial charge is 0.119 e. The Bertz CT molecular complexity index is 419. The average Bonchev–Trinajstić information content (AvgIpc) is 2.47. The van der Waals surface area contributed by atoms with Crippen molar-refractivity contribution in [1.29, 1.82) is 0 Å². The zero-order chi connectivity index (χ0) is 14.4. The average molecular weight is 341 g/mol. The molecule has 0 radical (unpaired) electrons. The Balaban J connectivity index is 1.81. The molecule has 0 bridgehead atoms. The molecule has 3 nitrogen and oxygen atoms in total. The molecule has 1 aliphatic rings. The third-order valence-electron chi connectivity index (χ3n) is 3.87. The largest absolute Gasteiger partial charge is 0.497 e. The highest BCUT2D eigenvalue weighted by atomic mass is 79.9. The number of piperidine rings is 1. The van der Waals surface area contributed by atoms with Gasteiger partial charge in [0.1, 0.15) is 5.75 Å². The van der Waals surface area contributed by atoms with Crippen LogP contribution in [0.25, 0.3) is 0 Å². The molecule has 0 aromatic heterocycles. The van der Waals surface area contributed by atoms with Crippen molar-refractivity contribution in [3.8, 4) is 5.75 Å². The second-order valence-corrected chi connectivity index (χ2v) is 6.45. The fourth-order valence-electron chi connectivity index (χ4n) is 2.69. The van der Waals surface area contributed by atoms with Crippen LogP contribution in [0.15, 0.2) is 22.7 Å². The second-order valence-electron chi connectivity index (χ2n) is 5.60. The van der Waals surface area contributed by atoms with Crippen molar-refractivity contribution in [3.05, 3.63) is 28.2 Å². The summed E-state index contributed by atoms with van der Waals surface area (Å²) in [5, 5.41) is 3.61. The highest BCUT2D eigenvalue weighted by Gasteiger charge is 2.13. The quantitative estimate of drug-likeness (QED) is 0.858. The molecule has 1 N–H and O–H groups in total. The maximum Gasteiger partial charge on any atom is 0.119 e. The minimum Gasteiger partial charge on any atom is -0.497 e. The van der Waals surface area contributed by atoms with Crippen molar-refractivity contribution in [2.24, 2.45) is 0 Å². The first-order valence-corrected chi connectivity index (χ1v) is 8.26. The Morgan fingerprint density at radius 2 is 2.05 bits per heavy atom. The number of hydrogen-bond acceptors (Lipinski definition) is 3. The van der Waals surface area contributed by atoms with Crippen LogP contribution < -0.4 is 10.1 Å². The highest BCUT2D eigenvalue weighted by Crippen LogP contribution is 2.22. The normalized spacial score (nSPS) is 17.9. The number of benzene rings is 1. The van der Waals surface area contributed by atoms with Gasteiger partial charge in [0.05, 0.1) is 7.11 Å². The van der Waals surface area contributed by atoms with Gasteiger partial charge in [-0.25, -0.2) is 0 Å². The van der Waals surface area contributed by atoms with Crippen LogP contribution in [0.4, 0.5) is 0 Å². The Labute approximate surface area is 130 Å². The molecule has 1 unspecified atom stereocenters. The van der Waals surface area contributed by atoms with E-state index in [0.717, 1.165) is 23.3 Å². The molecular formula is C16H25BrN2O. The van der Waals surface area contributed by atoms with Crippen LogP contribution in [0.3, 0.4) is 0 Å². The first-order chi connectivity index (χ1) is 9.69. The van der Waals surface area contributed by atoms with Gasteiger partial charge < -0.3 is 15.0 Å². The van der Waals surface area contributed by atoms with Crippen LogP contribution in [-0.2, 0) is 6.54 Å². The van der Waals surface area contributed by atoms with Crippen LogP contribution in [-0.4, -0.2) is 37.7 Å². The van der Waals surface area contributed by atoms with E-state index in [1.807, 2.05) is 12.1 Å². The molecular weight excluding hydrogens is 316 g/mol. The standard InChI is InChI=1S/C16H25BrN2O/c1-13(12-19-8-4-3-5-9-19)18-11-14-10-15(20-2)6-7-16(14)17/h6-7,10,13,18H,3-5,8-9,11-12H2,1-2H3. The number of likely N-dealkylation sites (tertiary alicyclic amines) is 1. The molecule has 1 atom stereocenters. The monoisotopic (exact) mass is 340 g/mol. The molecule has 112 valence electrons. The van der Waals surface area contributed by atoms with E-state index in [2.05, 4.69) is 39.1 Å². The summed E-state index contributed by atoms with van der Waals surface area (Å²) in [7, 11) is 1.71. The van der Waals surface area contributed by atoms with Crippen molar-refractivity contribution >= 4 is 15.9 Å². The molecule has 2 rings (SSSR count). The van der Waals surface area contributed by atoms with E-state index in [1.54, 1.807) is 7.11 Å². The molecule has 1 heterocycles. The number of ether oxygens (including phenoxy) is 1. The molecule has 20 heavy (non-hydrogen) atoms. The SMILES string of the molecule is COc1ccc(Br)c(CNC(C)CN2CCCCC2)c1. The van der Waals surface area contributed by atoms with Crippen molar-refractivity contribution < 1.29 is 4.74 Å². The van der Waals surface area contributed by atoms with Crippen molar-refractivity contribution in [3.63, 3.8) is 0 Å². The molecule has 0 saturated carbocycles.